The number of sulfonamides is 1. The molecule has 1 fully saturated rings. The first-order valence-corrected chi connectivity index (χ1v) is 6.62. The number of benzene rings is 1. The zero-order chi connectivity index (χ0) is 11.3. The first-order chi connectivity index (χ1) is 7.58. The zero-order valence-corrected chi connectivity index (χ0v) is 9.30. The van der Waals surface area contributed by atoms with E-state index in [-0.39, 0.29) is 11.6 Å². The maximum atomic E-state index is 13.1. The van der Waals surface area contributed by atoms with Gasteiger partial charge in [0.05, 0.1) is 12.4 Å². The van der Waals surface area contributed by atoms with Gasteiger partial charge in [-0.3, -0.25) is 0 Å². The average Bonchev–Trinajstić information content (AvgIpc) is 3.03. The van der Waals surface area contributed by atoms with Crippen LogP contribution in [0.25, 0.3) is 0 Å². The first kappa shape index (κ1) is 10.0. The van der Waals surface area contributed by atoms with Crippen molar-refractivity contribution in [2.45, 2.75) is 23.8 Å². The number of halogens is 1. The number of fused-ring (bicyclic) bond motifs is 1. The maximum absolute atomic E-state index is 13.1. The summed E-state index contributed by atoms with van der Waals surface area (Å²) >= 11 is 0. The summed E-state index contributed by atoms with van der Waals surface area (Å²) < 4.78 is 38.9. The molecule has 1 aliphatic carbocycles. The van der Waals surface area contributed by atoms with Gasteiger partial charge in [0.25, 0.3) is 0 Å². The molecule has 1 saturated carbocycles. The minimum absolute atomic E-state index is 0.0469. The Hall–Kier alpha value is -1.14. The van der Waals surface area contributed by atoms with E-state index in [2.05, 4.69) is 4.72 Å². The minimum Gasteiger partial charge on any atom is -0.354 e. The summed E-state index contributed by atoms with van der Waals surface area (Å²) in [7, 11) is -3.53. The van der Waals surface area contributed by atoms with Gasteiger partial charge in [0.2, 0.25) is 10.0 Å². The van der Waals surface area contributed by atoms with Crippen LogP contribution in [0.4, 0.5) is 10.1 Å². The van der Waals surface area contributed by atoms with Crippen LogP contribution >= 0.6 is 0 Å². The molecule has 1 aromatic rings. The lowest BCUT2D eigenvalue weighted by Crippen LogP contribution is -2.44. The summed E-state index contributed by atoms with van der Waals surface area (Å²) in [6.07, 6.45) is 2.14. The quantitative estimate of drug-likeness (QED) is 0.800. The molecule has 0 aromatic heterocycles. The second-order valence-corrected chi connectivity index (χ2v) is 5.85. The summed E-state index contributed by atoms with van der Waals surface area (Å²) in [6, 6.07) is 4.31. The number of anilines is 1. The molecule has 4 nitrogen and oxygen atoms in total. The second kappa shape index (κ2) is 3.18. The highest BCUT2D eigenvalue weighted by Gasteiger charge is 2.36. The van der Waals surface area contributed by atoms with Crippen LogP contribution in [0.15, 0.2) is 23.1 Å². The van der Waals surface area contributed by atoms with E-state index < -0.39 is 15.8 Å². The number of hydrogen-bond acceptors (Lipinski definition) is 3. The van der Waals surface area contributed by atoms with Crippen molar-refractivity contribution in [3.8, 4) is 0 Å². The predicted octanol–water partition coefficient (Wildman–Crippen LogP) is 1.04. The molecule has 0 saturated heterocycles. The molecule has 0 amide bonds. The largest absolute Gasteiger partial charge is 0.354 e. The fraction of sp³-hybridized carbons (Fsp3) is 0.400. The van der Waals surface area contributed by atoms with E-state index >= 15 is 0 Å². The molecule has 2 aliphatic rings. The van der Waals surface area contributed by atoms with Gasteiger partial charge in [-0.05, 0) is 31.0 Å². The SMILES string of the molecule is O=S1(=O)NCN(C2CC2)c2ccc(F)cc21. The van der Waals surface area contributed by atoms with Crippen molar-refractivity contribution in [2.24, 2.45) is 0 Å². The molecule has 0 atom stereocenters. The number of rotatable bonds is 1. The lowest BCUT2D eigenvalue weighted by molar-refractivity contribution is 0.565. The van der Waals surface area contributed by atoms with Crippen LogP contribution in [0, 0.1) is 5.82 Å². The monoisotopic (exact) mass is 242 g/mol. The fourth-order valence-corrected chi connectivity index (χ4v) is 3.16. The Labute approximate surface area is 93.1 Å². The zero-order valence-electron chi connectivity index (χ0n) is 8.48. The molecule has 1 N–H and O–H groups in total. The fourth-order valence-electron chi connectivity index (χ4n) is 1.97. The Kier molecular flexibility index (Phi) is 1.99. The molecule has 6 heteroatoms. The second-order valence-electron chi connectivity index (χ2n) is 4.12. The van der Waals surface area contributed by atoms with Gasteiger partial charge < -0.3 is 4.90 Å². The summed E-state index contributed by atoms with van der Waals surface area (Å²) in [5.74, 6) is -0.526. The summed E-state index contributed by atoms with van der Waals surface area (Å²) in [6.45, 7) is 0.283. The summed E-state index contributed by atoms with van der Waals surface area (Å²) in [4.78, 5) is 2.03. The van der Waals surface area contributed by atoms with E-state index in [4.69, 9.17) is 0 Å². The first-order valence-electron chi connectivity index (χ1n) is 5.14. The van der Waals surface area contributed by atoms with Gasteiger partial charge in [-0.1, -0.05) is 0 Å². The van der Waals surface area contributed by atoms with Crippen molar-refractivity contribution in [3.05, 3.63) is 24.0 Å². The molecule has 16 heavy (non-hydrogen) atoms. The van der Waals surface area contributed by atoms with E-state index in [9.17, 15) is 12.8 Å². The molecule has 0 unspecified atom stereocenters. The Bertz CT molecular complexity index is 540. The normalized spacial score (nSPS) is 22.9. The van der Waals surface area contributed by atoms with Gasteiger partial charge in [0.1, 0.15) is 10.7 Å². The van der Waals surface area contributed by atoms with E-state index in [1.807, 2.05) is 4.90 Å². The van der Waals surface area contributed by atoms with Crippen molar-refractivity contribution < 1.29 is 12.8 Å². The highest BCUT2D eigenvalue weighted by molar-refractivity contribution is 7.89. The molecular weight excluding hydrogens is 231 g/mol. The molecule has 1 aliphatic heterocycles. The van der Waals surface area contributed by atoms with E-state index in [0.29, 0.717) is 11.7 Å². The predicted molar refractivity (Wildman–Crippen MR) is 57.1 cm³/mol. The van der Waals surface area contributed by atoms with Crippen LogP contribution in [0.2, 0.25) is 0 Å². The summed E-state index contributed by atoms with van der Waals surface area (Å²) in [5.41, 5.74) is 0.614. The van der Waals surface area contributed by atoms with Gasteiger partial charge in [0.15, 0.2) is 0 Å². The summed E-state index contributed by atoms with van der Waals surface area (Å²) in [5, 5.41) is 0. The lowest BCUT2D eigenvalue weighted by Gasteiger charge is -2.31. The van der Waals surface area contributed by atoms with Crippen LogP contribution in [-0.2, 0) is 10.0 Å². The highest BCUT2D eigenvalue weighted by Crippen LogP contribution is 2.37. The van der Waals surface area contributed by atoms with Crippen molar-refractivity contribution in [1.29, 1.82) is 0 Å². The Morgan fingerprint density at radius 2 is 2.12 bits per heavy atom. The van der Waals surface area contributed by atoms with Gasteiger partial charge in [-0.15, -0.1) is 0 Å². The van der Waals surface area contributed by atoms with E-state index in [0.717, 1.165) is 18.9 Å². The Balaban J connectivity index is 2.17. The van der Waals surface area contributed by atoms with Gasteiger partial charge in [-0.2, -0.15) is 4.72 Å². The van der Waals surface area contributed by atoms with Gasteiger partial charge in [0, 0.05) is 6.04 Å². The number of nitrogens with zero attached hydrogens (tertiary/aromatic N) is 1. The van der Waals surface area contributed by atoms with E-state index in [1.54, 1.807) is 6.07 Å². The molecule has 0 bridgehead atoms. The third-order valence-corrected chi connectivity index (χ3v) is 4.35. The van der Waals surface area contributed by atoms with Crippen molar-refractivity contribution in [1.82, 2.24) is 4.72 Å². The third kappa shape index (κ3) is 1.49. The molecule has 0 spiro atoms. The maximum Gasteiger partial charge on any atom is 0.244 e. The topological polar surface area (TPSA) is 49.4 Å². The molecule has 0 radical (unpaired) electrons. The Morgan fingerprint density at radius 1 is 1.38 bits per heavy atom. The van der Waals surface area contributed by atoms with Gasteiger partial charge in [-0.25, -0.2) is 12.8 Å². The third-order valence-electron chi connectivity index (χ3n) is 2.93. The van der Waals surface area contributed by atoms with Crippen LogP contribution in [0.5, 0.6) is 0 Å². The molecular formula is C10H11FN2O2S. The van der Waals surface area contributed by atoms with Gasteiger partial charge >= 0.3 is 0 Å². The molecule has 1 heterocycles. The average molecular weight is 242 g/mol. The van der Waals surface area contributed by atoms with Crippen molar-refractivity contribution in [2.75, 3.05) is 11.6 Å². The Morgan fingerprint density at radius 3 is 2.81 bits per heavy atom. The smallest absolute Gasteiger partial charge is 0.244 e. The molecule has 3 rings (SSSR count). The number of hydrogen-bond donors (Lipinski definition) is 1. The molecule has 1 aromatic carbocycles. The highest BCUT2D eigenvalue weighted by atomic mass is 32.2. The lowest BCUT2D eigenvalue weighted by atomic mass is 10.3. The van der Waals surface area contributed by atoms with E-state index in [1.165, 1.54) is 6.07 Å². The van der Waals surface area contributed by atoms with Crippen LogP contribution < -0.4 is 9.62 Å². The van der Waals surface area contributed by atoms with Crippen LogP contribution in [-0.4, -0.2) is 21.1 Å². The van der Waals surface area contributed by atoms with Crippen LogP contribution in [0.3, 0.4) is 0 Å². The number of nitrogens with one attached hydrogen (secondary N) is 1. The van der Waals surface area contributed by atoms with Crippen LogP contribution in [0.1, 0.15) is 12.8 Å². The standard InChI is InChI=1S/C10H11FN2O2S/c11-7-1-4-9-10(5-7)16(14,15)12-6-13(9)8-2-3-8/h1,4-5,8,12H,2-3,6H2. The van der Waals surface area contributed by atoms with Crippen molar-refractivity contribution >= 4 is 15.7 Å². The van der Waals surface area contributed by atoms with Crippen molar-refractivity contribution in [3.63, 3.8) is 0 Å². The molecule has 86 valence electrons. The minimum atomic E-state index is -3.53.